The van der Waals surface area contributed by atoms with Gasteiger partial charge in [0.1, 0.15) is 5.60 Å². The van der Waals surface area contributed by atoms with Crippen LogP contribution in [0.25, 0.3) is 11.3 Å². The van der Waals surface area contributed by atoms with Gasteiger partial charge in [0.05, 0.1) is 12.2 Å². The van der Waals surface area contributed by atoms with Crippen LogP contribution in [0.5, 0.6) is 0 Å². The molecule has 112 valence electrons. The molecule has 0 aromatic carbocycles. The number of aromatic nitrogens is 3. The molecule has 0 spiro atoms. The monoisotopic (exact) mass is 288 g/mol. The number of ether oxygens (including phenoxy) is 1. The quantitative estimate of drug-likeness (QED) is 0.938. The third-order valence-electron chi connectivity index (χ3n) is 2.63. The summed E-state index contributed by atoms with van der Waals surface area (Å²) < 4.78 is 6.95. The summed E-state index contributed by atoms with van der Waals surface area (Å²) in [6, 6.07) is 5.75. The molecular weight excluding hydrogens is 268 g/mol. The van der Waals surface area contributed by atoms with Crippen LogP contribution in [0.1, 0.15) is 20.8 Å². The summed E-state index contributed by atoms with van der Waals surface area (Å²) in [6.07, 6.45) is 4.94. The second kappa shape index (κ2) is 6.39. The third-order valence-corrected chi connectivity index (χ3v) is 2.63. The van der Waals surface area contributed by atoms with Crippen LogP contribution < -0.4 is 5.32 Å². The lowest BCUT2D eigenvalue weighted by Gasteiger charge is -2.19. The van der Waals surface area contributed by atoms with E-state index < -0.39 is 11.7 Å². The molecule has 1 amide bonds. The minimum absolute atomic E-state index is 0.413. The minimum Gasteiger partial charge on any atom is -0.444 e. The van der Waals surface area contributed by atoms with E-state index in [1.54, 1.807) is 17.1 Å². The predicted molar refractivity (Wildman–Crippen MR) is 79.7 cm³/mol. The highest BCUT2D eigenvalue weighted by Gasteiger charge is 2.15. The highest BCUT2D eigenvalue weighted by Crippen LogP contribution is 2.14. The number of hydrogen-bond acceptors (Lipinski definition) is 4. The zero-order valence-electron chi connectivity index (χ0n) is 12.5. The van der Waals surface area contributed by atoms with E-state index in [1.807, 2.05) is 45.2 Å². The lowest BCUT2D eigenvalue weighted by Crippen LogP contribution is -2.34. The van der Waals surface area contributed by atoms with Crippen molar-refractivity contribution in [2.45, 2.75) is 32.9 Å². The van der Waals surface area contributed by atoms with Gasteiger partial charge in [-0.05, 0) is 39.0 Å². The minimum atomic E-state index is -0.482. The number of nitrogens with one attached hydrogen (secondary N) is 1. The van der Waals surface area contributed by atoms with Crippen LogP contribution in [-0.4, -0.2) is 33.0 Å². The summed E-state index contributed by atoms with van der Waals surface area (Å²) >= 11 is 0. The Morgan fingerprint density at radius 1 is 1.29 bits per heavy atom. The number of alkyl carbamates (subject to hydrolysis) is 1. The maximum Gasteiger partial charge on any atom is 0.407 e. The molecule has 0 aliphatic heterocycles. The van der Waals surface area contributed by atoms with Crippen LogP contribution in [0.2, 0.25) is 0 Å². The summed E-state index contributed by atoms with van der Waals surface area (Å²) in [4.78, 5) is 15.5. The third kappa shape index (κ3) is 4.91. The molecule has 2 heterocycles. The largest absolute Gasteiger partial charge is 0.444 e. The molecule has 21 heavy (non-hydrogen) atoms. The van der Waals surface area contributed by atoms with Gasteiger partial charge >= 0.3 is 6.09 Å². The summed E-state index contributed by atoms with van der Waals surface area (Å²) in [5.41, 5.74) is 1.42. The molecule has 0 aliphatic rings. The lowest BCUT2D eigenvalue weighted by molar-refractivity contribution is 0.0525. The lowest BCUT2D eigenvalue weighted by atomic mass is 10.2. The van der Waals surface area contributed by atoms with Gasteiger partial charge in [-0.2, -0.15) is 5.10 Å². The molecular formula is C15H20N4O2. The van der Waals surface area contributed by atoms with Crippen LogP contribution in [0.4, 0.5) is 4.79 Å². The van der Waals surface area contributed by atoms with Crippen LogP contribution in [0, 0.1) is 0 Å². The van der Waals surface area contributed by atoms with Crippen molar-refractivity contribution >= 4 is 6.09 Å². The van der Waals surface area contributed by atoms with E-state index in [1.165, 1.54) is 0 Å². The molecule has 0 fully saturated rings. The fourth-order valence-electron chi connectivity index (χ4n) is 1.75. The number of hydrogen-bond donors (Lipinski definition) is 1. The van der Waals surface area contributed by atoms with Crippen molar-refractivity contribution in [1.29, 1.82) is 0 Å². The number of rotatable bonds is 4. The molecule has 6 heteroatoms. The van der Waals surface area contributed by atoms with E-state index in [-0.39, 0.29) is 0 Å². The average molecular weight is 288 g/mol. The number of carbonyl (C=O) groups is 1. The maximum absolute atomic E-state index is 11.5. The van der Waals surface area contributed by atoms with Crippen molar-refractivity contribution in [2.75, 3.05) is 6.54 Å². The predicted octanol–water partition coefficient (Wildman–Crippen LogP) is 2.47. The van der Waals surface area contributed by atoms with Crippen molar-refractivity contribution in [3.63, 3.8) is 0 Å². The smallest absolute Gasteiger partial charge is 0.407 e. The van der Waals surface area contributed by atoms with E-state index in [0.29, 0.717) is 13.1 Å². The summed E-state index contributed by atoms with van der Waals surface area (Å²) in [5, 5.41) is 7.15. The molecule has 0 bridgehead atoms. The second-order valence-electron chi connectivity index (χ2n) is 5.63. The Hall–Kier alpha value is -2.37. The Bertz CT molecular complexity index is 587. The van der Waals surface area contributed by atoms with E-state index in [4.69, 9.17) is 4.74 Å². The fourth-order valence-corrected chi connectivity index (χ4v) is 1.75. The van der Waals surface area contributed by atoms with Crippen LogP contribution in [0.15, 0.2) is 36.8 Å². The van der Waals surface area contributed by atoms with Gasteiger partial charge in [-0.15, -0.1) is 0 Å². The van der Waals surface area contributed by atoms with E-state index in [0.717, 1.165) is 11.3 Å². The van der Waals surface area contributed by atoms with Gasteiger partial charge in [-0.1, -0.05) is 0 Å². The zero-order chi connectivity index (χ0) is 15.3. The Labute approximate surface area is 124 Å². The first kappa shape index (κ1) is 15.0. The number of carbonyl (C=O) groups excluding carboxylic acids is 1. The van der Waals surface area contributed by atoms with Gasteiger partial charge in [0.25, 0.3) is 0 Å². The molecule has 6 nitrogen and oxygen atoms in total. The second-order valence-corrected chi connectivity index (χ2v) is 5.63. The van der Waals surface area contributed by atoms with Crippen LogP contribution >= 0.6 is 0 Å². The SMILES string of the molecule is CC(C)(C)OC(=O)NCCn1ccc(-c2ccncc2)n1. The molecule has 1 N–H and O–H groups in total. The van der Waals surface area contributed by atoms with Crippen LogP contribution in [-0.2, 0) is 11.3 Å². The first-order chi connectivity index (χ1) is 9.94. The standard InChI is InChI=1S/C15H20N4O2/c1-15(2,3)21-14(20)17-9-11-19-10-6-13(18-19)12-4-7-16-8-5-12/h4-8,10H,9,11H2,1-3H3,(H,17,20). The topological polar surface area (TPSA) is 69.0 Å². The molecule has 2 rings (SSSR count). The van der Waals surface area contributed by atoms with E-state index in [9.17, 15) is 4.79 Å². The molecule has 0 aliphatic carbocycles. The number of amides is 1. The van der Waals surface area contributed by atoms with Crippen LogP contribution in [0.3, 0.4) is 0 Å². The number of pyridine rings is 1. The van der Waals surface area contributed by atoms with Crippen molar-refractivity contribution < 1.29 is 9.53 Å². The molecule has 0 saturated carbocycles. The summed E-state index contributed by atoms with van der Waals surface area (Å²) in [7, 11) is 0. The normalized spacial score (nSPS) is 11.2. The van der Waals surface area contributed by atoms with E-state index >= 15 is 0 Å². The molecule has 0 radical (unpaired) electrons. The summed E-state index contributed by atoms with van der Waals surface area (Å²) in [6.45, 7) is 6.56. The Balaban J connectivity index is 1.83. The van der Waals surface area contributed by atoms with Crippen molar-refractivity contribution in [3.05, 3.63) is 36.8 Å². The molecule has 2 aromatic heterocycles. The van der Waals surface area contributed by atoms with Crippen molar-refractivity contribution in [3.8, 4) is 11.3 Å². The Morgan fingerprint density at radius 3 is 2.67 bits per heavy atom. The van der Waals surface area contributed by atoms with Gasteiger partial charge in [0.15, 0.2) is 0 Å². The molecule has 0 unspecified atom stereocenters. The maximum atomic E-state index is 11.5. The van der Waals surface area contributed by atoms with Gasteiger partial charge in [0.2, 0.25) is 0 Å². The van der Waals surface area contributed by atoms with Gasteiger partial charge < -0.3 is 10.1 Å². The van der Waals surface area contributed by atoms with Gasteiger partial charge in [0, 0.05) is 30.7 Å². The van der Waals surface area contributed by atoms with E-state index in [2.05, 4.69) is 15.4 Å². The molecule has 2 aromatic rings. The first-order valence-electron chi connectivity index (χ1n) is 6.85. The highest BCUT2D eigenvalue weighted by atomic mass is 16.6. The molecule has 0 atom stereocenters. The fraction of sp³-hybridized carbons (Fsp3) is 0.400. The highest BCUT2D eigenvalue weighted by molar-refractivity contribution is 5.67. The first-order valence-corrected chi connectivity index (χ1v) is 6.85. The zero-order valence-corrected chi connectivity index (χ0v) is 12.5. The molecule has 0 saturated heterocycles. The van der Waals surface area contributed by atoms with Crippen molar-refractivity contribution in [1.82, 2.24) is 20.1 Å². The summed E-state index contributed by atoms with van der Waals surface area (Å²) in [5.74, 6) is 0. The average Bonchev–Trinajstić information content (AvgIpc) is 2.86. The Kier molecular flexibility index (Phi) is 4.57. The van der Waals surface area contributed by atoms with Gasteiger partial charge in [-0.3, -0.25) is 9.67 Å². The van der Waals surface area contributed by atoms with Gasteiger partial charge in [-0.25, -0.2) is 4.79 Å². The van der Waals surface area contributed by atoms with Crippen molar-refractivity contribution in [2.24, 2.45) is 0 Å². The Morgan fingerprint density at radius 2 is 2.00 bits per heavy atom. The number of nitrogens with zero attached hydrogens (tertiary/aromatic N) is 3.